The zero-order valence-corrected chi connectivity index (χ0v) is 12.2. The molecule has 0 saturated heterocycles. The number of ether oxygens (including phenoxy) is 2. The molecule has 0 bridgehead atoms. The van der Waals surface area contributed by atoms with Gasteiger partial charge in [0.25, 0.3) is 0 Å². The summed E-state index contributed by atoms with van der Waals surface area (Å²) in [7, 11) is 1.82. The highest BCUT2D eigenvalue weighted by Gasteiger charge is 2.22. The molecule has 2 rings (SSSR count). The highest BCUT2D eigenvalue weighted by molar-refractivity contribution is 5.71. The van der Waals surface area contributed by atoms with Crippen LogP contribution in [0.2, 0.25) is 0 Å². The van der Waals surface area contributed by atoms with Crippen molar-refractivity contribution in [2.45, 2.75) is 13.8 Å². The van der Waals surface area contributed by atoms with Crippen molar-refractivity contribution < 1.29 is 14.4 Å². The second kappa shape index (κ2) is 6.25. The Labute approximate surface area is 122 Å². The fourth-order valence-corrected chi connectivity index (χ4v) is 2.04. The summed E-state index contributed by atoms with van der Waals surface area (Å²) >= 11 is 0. The highest BCUT2D eigenvalue weighted by atomic mass is 16.6. The minimum Gasteiger partial charge on any atom is -0.493 e. The van der Waals surface area contributed by atoms with Crippen molar-refractivity contribution in [3.8, 4) is 22.9 Å². The molecule has 1 aromatic carbocycles. The summed E-state index contributed by atoms with van der Waals surface area (Å²) in [5.74, 6) is 1.31. The number of imidazole rings is 1. The number of nitro groups is 1. The van der Waals surface area contributed by atoms with Gasteiger partial charge in [-0.2, -0.15) is 0 Å². The molecular weight excluding hydrogens is 274 g/mol. The SMILES string of the molecule is CCOc1cc(OCC)c([N+](=O)[O-])cc1-c1nccn1C. The molecule has 0 fully saturated rings. The Morgan fingerprint density at radius 2 is 1.90 bits per heavy atom. The van der Waals surface area contributed by atoms with Crippen LogP contribution in [0.1, 0.15) is 13.8 Å². The zero-order chi connectivity index (χ0) is 15.4. The van der Waals surface area contributed by atoms with Crippen LogP contribution < -0.4 is 9.47 Å². The van der Waals surface area contributed by atoms with Crippen LogP contribution in [0.5, 0.6) is 11.5 Å². The molecule has 0 amide bonds. The Balaban J connectivity index is 2.64. The molecule has 0 atom stereocenters. The molecule has 2 aromatic rings. The Kier molecular flexibility index (Phi) is 4.42. The maximum Gasteiger partial charge on any atom is 0.311 e. The van der Waals surface area contributed by atoms with E-state index in [1.54, 1.807) is 30.0 Å². The summed E-state index contributed by atoms with van der Waals surface area (Å²) in [6, 6.07) is 2.99. The van der Waals surface area contributed by atoms with Crippen LogP contribution in [0.15, 0.2) is 24.5 Å². The standard InChI is InChI=1S/C14H17N3O4/c1-4-20-12-9-13(21-5-2)11(17(18)19)8-10(12)14-15-6-7-16(14)3/h6-9H,4-5H2,1-3H3. The molecule has 0 aliphatic rings. The number of benzene rings is 1. The molecule has 0 radical (unpaired) electrons. The third kappa shape index (κ3) is 2.96. The Hall–Kier alpha value is -2.57. The predicted molar refractivity (Wildman–Crippen MR) is 77.6 cm³/mol. The first-order valence-electron chi connectivity index (χ1n) is 6.64. The van der Waals surface area contributed by atoms with E-state index >= 15 is 0 Å². The first kappa shape index (κ1) is 14.8. The van der Waals surface area contributed by atoms with Gasteiger partial charge in [-0.3, -0.25) is 10.1 Å². The van der Waals surface area contributed by atoms with Gasteiger partial charge in [0, 0.05) is 31.6 Å². The Morgan fingerprint density at radius 3 is 2.43 bits per heavy atom. The van der Waals surface area contributed by atoms with Crippen LogP contribution in [0.25, 0.3) is 11.4 Å². The van der Waals surface area contributed by atoms with Gasteiger partial charge in [0.05, 0.1) is 23.7 Å². The van der Waals surface area contributed by atoms with Crippen LogP contribution >= 0.6 is 0 Å². The van der Waals surface area contributed by atoms with Gasteiger partial charge in [0.1, 0.15) is 11.6 Å². The van der Waals surface area contributed by atoms with Gasteiger partial charge in [-0.25, -0.2) is 4.98 Å². The number of nitrogens with zero attached hydrogens (tertiary/aromatic N) is 3. The summed E-state index contributed by atoms with van der Waals surface area (Å²) in [6.45, 7) is 4.41. The lowest BCUT2D eigenvalue weighted by Gasteiger charge is -2.13. The van der Waals surface area contributed by atoms with Crippen LogP contribution in [0, 0.1) is 10.1 Å². The third-order valence-electron chi connectivity index (χ3n) is 2.92. The van der Waals surface area contributed by atoms with Crippen LogP contribution in [0.3, 0.4) is 0 Å². The van der Waals surface area contributed by atoms with Crippen LogP contribution in [-0.4, -0.2) is 27.7 Å². The van der Waals surface area contributed by atoms with Gasteiger partial charge in [0.15, 0.2) is 0 Å². The molecule has 0 aliphatic heterocycles. The van der Waals surface area contributed by atoms with E-state index in [2.05, 4.69) is 4.98 Å². The molecule has 1 heterocycles. The molecule has 0 saturated carbocycles. The lowest BCUT2D eigenvalue weighted by atomic mass is 10.1. The number of hydrogen-bond donors (Lipinski definition) is 0. The Morgan fingerprint density at radius 1 is 1.24 bits per heavy atom. The Bertz CT molecular complexity index is 652. The molecule has 0 aliphatic carbocycles. The van der Waals surface area contributed by atoms with Crippen molar-refractivity contribution in [3.63, 3.8) is 0 Å². The van der Waals surface area contributed by atoms with Gasteiger partial charge >= 0.3 is 5.69 Å². The van der Waals surface area contributed by atoms with Crippen molar-refractivity contribution >= 4 is 5.69 Å². The van der Waals surface area contributed by atoms with Gasteiger partial charge in [-0.1, -0.05) is 0 Å². The van der Waals surface area contributed by atoms with Gasteiger partial charge in [0.2, 0.25) is 5.75 Å². The smallest absolute Gasteiger partial charge is 0.311 e. The average Bonchev–Trinajstić information content (AvgIpc) is 2.85. The zero-order valence-electron chi connectivity index (χ0n) is 12.2. The average molecular weight is 291 g/mol. The van der Waals surface area contributed by atoms with E-state index < -0.39 is 4.92 Å². The number of hydrogen-bond acceptors (Lipinski definition) is 5. The fourth-order valence-electron chi connectivity index (χ4n) is 2.04. The van der Waals surface area contributed by atoms with Crippen molar-refractivity contribution in [1.82, 2.24) is 9.55 Å². The quantitative estimate of drug-likeness (QED) is 0.604. The monoisotopic (exact) mass is 291 g/mol. The molecule has 7 heteroatoms. The van der Waals surface area contributed by atoms with Crippen molar-refractivity contribution in [2.75, 3.05) is 13.2 Å². The van der Waals surface area contributed by atoms with Gasteiger partial charge in [-0.15, -0.1) is 0 Å². The van der Waals surface area contributed by atoms with E-state index in [9.17, 15) is 10.1 Å². The van der Waals surface area contributed by atoms with E-state index in [1.165, 1.54) is 6.07 Å². The molecule has 7 nitrogen and oxygen atoms in total. The second-order valence-electron chi connectivity index (χ2n) is 4.30. The van der Waals surface area contributed by atoms with Crippen LogP contribution in [0.4, 0.5) is 5.69 Å². The van der Waals surface area contributed by atoms with Crippen molar-refractivity contribution in [2.24, 2.45) is 7.05 Å². The molecule has 0 unspecified atom stereocenters. The predicted octanol–water partition coefficient (Wildman–Crippen LogP) is 2.79. The lowest BCUT2D eigenvalue weighted by Crippen LogP contribution is -2.03. The van der Waals surface area contributed by atoms with E-state index in [0.29, 0.717) is 30.4 Å². The number of nitro benzene ring substituents is 1. The molecule has 0 spiro atoms. The number of aromatic nitrogens is 2. The largest absolute Gasteiger partial charge is 0.493 e. The first-order valence-corrected chi connectivity index (χ1v) is 6.64. The molecule has 1 aromatic heterocycles. The second-order valence-corrected chi connectivity index (χ2v) is 4.30. The maximum absolute atomic E-state index is 11.2. The van der Waals surface area contributed by atoms with E-state index in [1.807, 2.05) is 14.0 Å². The molecular formula is C14H17N3O4. The van der Waals surface area contributed by atoms with Gasteiger partial charge < -0.3 is 14.0 Å². The summed E-state index contributed by atoms with van der Waals surface area (Å²) in [6.07, 6.45) is 3.40. The topological polar surface area (TPSA) is 79.4 Å². The van der Waals surface area contributed by atoms with E-state index in [-0.39, 0.29) is 11.4 Å². The number of aryl methyl sites for hydroxylation is 1. The summed E-state index contributed by atoms with van der Waals surface area (Å²) < 4.78 is 12.7. The normalized spacial score (nSPS) is 10.4. The number of rotatable bonds is 6. The van der Waals surface area contributed by atoms with Crippen LogP contribution in [-0.2, 0) is 7.05 Å². The lowest BCUT2D eigenvalue weighted by molar-refractivity contribution is -0.385. The van der Waals surface area contributed by atoms with Gasteiger partial charge in [-0.05, 0) is 13.8 Å². The summed E-state index contributed by atoms with van der Waals surface area (Å²) in [4.78, 5) is 15.0. The van der Waals surface area contributed by atoms with E-state index in [0.717, 1.165) is 0 Å². The van der Waals surface area contributed by atoms with Crippen molar-refractivity contribution in [1.29, 1.82) is 0 Å². The first-order chi connectivity index (χ1) is 10.1. The van der Waals surface area contributed by atoms with Crippen molar-refractivity contribution in [3.05, 3.63) is 34.6 Å². The minimum atomic E-state index is -0.465. The minimum absolute atomic E-state index is 0.0988. The summed E-state index contributed by atoms with van der Waals surface area (Å²) in [5.41, 5.74) is 0.470. The fraction of sp³-hybridized carbons (Fsp3) is 0.357. The third-order valence-corrected chi connectivity index (χ3v) is 2.92. The maximum atomic E-state index is 11.2. The highest BCUT2D eigenvalue weighted by Crippen LogP contribution is 2.39. The summed E-state index contributed by atoms with van der Waals surface area (Å²) in [5, 5.41) is 11.2. The molecule has 21 heavy (non-hydrogen) atoms. The van der Waals surface area contributed by atoms with E-state index in [4.69, 9.17) is 9.47 Å². The molecule has 112 valence electrons. The molecule has 0 N–H and O–H groups in total.